The number of methoxy groups -OCH3 is 1. The Morgan fingerprint density at radius 1 is 1.11 bits per heavy atom. The van der Waals surface area contributed by atoms with Crippen molar-refractivity contribution in [2.45, 2.75) is 6.92 Å². The molecule has 1 aromatic heterocycles. The van der Waals surface area contributed by atoms with Crippen molar-refractivity contribution in [2.24, 2.45) is 0 Å². The van der Waals surface area contributed by atoms with Gasteiger partial charge in [-0.2, -0.15) is 0 Å². The van der Waals surface area contributed by atoms with Gasteiger partial charge in [0, 0.05) is 15.6 Å². The van der Waals surface area contributed by atoms with E-state index in [9.17, 15) is 9.59 Å². The molecule has 28 heavy (non-hydrogen) atoms. The lowest BCUT2D eigenvalue weighted by atomic mass is 10.1. The topological polar surface area (TPSA) is 79.5 Å². The summed E-state index contributed by atoms with van der Waals surface area (Å²) in [4.78, 5) is 24.9. The fourth-order valence-electron chi connectivity index (χ4n) is 2.48. The Morgan fingerprint density at radius 3 is 2.61 bits per heavy atom. The van der Waals surface area contributed by atoms with Gasteiger partial charge in [0.2, 0.25) is 0 Å². The summed E-state index contributed by atoms with van der Waals surface area (Å²) in [7, 11) is 1.57. The zero-order chi connectivity index (χ0) is 20.3. The molecule has 3 N–H and O–H groups in total. The Labute approximate surface area is 175 Å². The second kappa shape index (κ2) is 8.55. The summed E-state index contributed by atoms with van der Waals surface area (Å²) in [5, 5.41) is 3.56. The number of rotatable bonds is 3. The van der Waals surface area contributed by atoms with Gasteiger partial charge < -0.3 is 4.74 Å². The van der Waals surface area contributed by atoms with E-state index in [0.717, 1.165) is 15.6 Å². The smallest absolute Gasteiger partial charge is 0.269 e. The van der Waals surface area contributed by atoms with Crippen LogP contribution in [0.5, 0.6) is 5.75 Å². The fraction of sp³-hybridized carbons (Fsp3) is 0.105. The van der Waals surface area contributed by atoms with Gasteiger partial charge in [-0.1, -0.05) is 29.3 Å². The third-order valence-corrected chi connectivity index (χ3v) is 5.70. The molecule has 0 saturated carbocycles. The van der Waals surface area contributed by atoms with Gasteiger partial charge in [-0.25, -0.2) is 0 Å². The van der Waals surface area contributed by atoms with Crippen molar-refractivity contribution in [1.29, 1.82) is 0 Å². The first kappa shape index (κ1) is 20.1. The number of thiocarbonyl (C=S) groups is 1. The SMILES string of the molecule is COc1ccc2c(Cl)c(C(=O)NC(=S)NNC(=O)c3cccc(C)c3)sc2c1. The molecule has 144 valence electrons. The van der Waals surface area contributed by atoms with E-state index in [1.54, 1.807) is 43.5 Å². The van der Waals surface area contributed by atoms with E-state index in [1.807, 2.05) is 13.0 Å². The number of nitrogens with one attached hydrogen (secondary N) is 3. The normalized spacial score (nSPS) is 10.4. The summed E-state index contributed by atoms with van der Waals surface area (Å²) in [5.74, 6) is -0.159. The lowest BCUT2D eigenvalue weighted by Gasteiger charge is -2.10. The van der Waals surface area contributed by atoms with Crippen molar-refractivity contribution in [3.8, 4) is 5.75 Å². The number of aryl methyl sites for hydroxylation is 1. The summed E-state index contributed by atoms with van der Waals surface area (Å²) in [6.45, 7) is 1.89. The molecule has 0 radical (unpaired) electrons. The minimum atomic E-state index is -0.465. The molecule has 9 heteroatoms. The summed E-state index contributed by atoms with van der Waals surface area (Å²) < 4.78 is 6.01. The van der Waals surface area contributed by atoms with Crippen LogP contribution in [0.2, 0.25) is 5.02 Å². The van der Waals surface area contributed by atoms with Gasteiger partial charge in [-0.3, -0.25) is 25.8 Å². The molecule has 2 amide bonds. The molecular weight excluding hydrogens is 418 g/mol. The molecule has 0 unspecified atom stereocenters. The number of hydrogen-bond donors (Lipinski definition) is 3. The average molecular weight is 434 g/mol. The predicted molar refractivity (Wildman–Crippen MR) is 115 cm³/mol. The van der Waals surface area contributed by atoms with Crippen LogP contribution in [0.3, 0.4) is 0 Å². The van der Waals surface area contributed by atoms with Crippen molar-refractivity contribution < 1.29 is 14.3 Å². The number of halogens is 1. The molecule has 1 heterocycles. The number of carbonyl (C=O) groups is 2. The van der Waals surface area contributed by atoms with E-state index in [1.165, 1.54) is 11.3 Å². The molecule has 3 rings (SSSR count). The van der Waals surface area contributed by atoms with E-state index < -0.39 is 5.91 Å². The van der Waals surface area contributed by atoms with Crippen LogP contribution >= 0.6 is 35.2 Å². The van der Waals surface area contributed by atoms with Gasteiger partial charge in [-0.05, 0) is 49.5 Å². The highest BCUT2D eigenvalue weighted by molar-refractivity contribution is 7.80. The van der Waals surface area contributed by atoms with E-state index in [2.05, 4.69) is 16.2 Å². The van der Waals surface area contributed by atoms with E-state index >= 15 is 0 Å². The highest BCUT2D eigenvalue weighted by atomic mass is 35.5. The quantitative estimate of drug-likeness (QED) is 0.432. The van der Waals surface area contributed by atoms with Crippen LogP contribution in [0, 0.1) is 6.92 Å². The number of benzene rings is 2. The van der Waals surface area contributed by atoms with Crippen LogP contribution in [-0.4, -0.2) is 24.0 Å². The van der Waals surface area contributed by atoms with Crippen molar-refractivity contribution in [3.05, 3.63) is 63.5 Å². The zero-order valence-electron chi connectivity index (χ0n) is 15.0. The minimum absolute atomic E-state index is 0.0443. The first-order valence-electron chi connectivity index (χ1n) is 8.13. The molecule has 0 aliphatic carbocycles. The van der Waals surface area contributed by atoms with Crippen molar-refractivity contribution in [2.75, 3.05) is 7.11 Å². The van der Waals surface area contributed by atoms with Gasteiger partial charge in [0.05, 0.1) is 12.1 Å². The largest absolute Gasteiger partial charge is 0.497 e. The number of amides is 2. The number of hydrazine groups is 1. The standard InChI is InChI=1S/C19H16ClN3O3S2/c1-10-4-3-5-11(8-10)17(24)22-23-19(27)21-18(25)16-15(20)13-7-6-12(26-2)9-14(13)28-16/h3-9H,1-2H3,(H,22,24)(H2,21,23,25,27). The van der Waals surface area contributed by atoms with Crippen LogP contribution in [0.15, 0.2) is 42.5 Å². The molecule has 0 fully saturated rings. The van der Waals surface area contributed by atoms with Crippen LogP contribution in [-0.2, 0) is 0 Å². The van der Waals surface area contributed by atoms with Crippen LogP contribution < -0.4 is 20.9 Å². The van der Waals surface area contributed by atoms with E-state index in [-0.39, 0.29) is 11.0 Å². The highest BCUT2D eigenvalue weighted by Gasteiger charge is 2.18. The number of hydrogen-bond acceptors (Lipinski definition) is 5. The van der Waals surface area contributed by atoms with Gasteiger partial charge in [0.1, 0.15) is 10.6 Å². The van der Waals surface area contributed by atoms with Crippen LogP contribution in [0.4, 0.5) is 0 Å². The number of fused-ring (bicyclic) bond motifs is 1. The molecule has 0 aliphatic heterocycles. The van der Waals surface area contributed by atoms with Gasteiger partial charge in [0.25, 0.3) is 11.8 Å². The van der Waals surface area contributed by atoms with Gasteiger partial charge in [-0.15, -0.1) is 11.3 Å². The molecule has 3 aromatic rings. The molecule has 6 nitrogen and oxygen atoms in total. The van der Waals surface area contributed by atoms with Crippen molar-refractivity contribution >= 4 is 62.2 Å². The van der Waals surface area contributed by atoms with Crippen molar-refractivity contribution in [1.82, 2.24) is 16.2 Å². The summed E-state index contributed by atoms with van der Waals surface area (Å²) in [6, 6.07) is 12.5. The average Bonchev–Trinajstić information content (AvgIpc) is 3.02. The molecule has 0 atom stereocenters. The molecule has 0 spiro atoms. The maximum absolute atomic E-state index is 12.5. The Morgan fingerprint density at radius 2 is 1.89 bits per heavy atom. The number of carbonyl (C=O) groups excluding carboxylic acids is 2. The molecule has 0 aliphatic rings. The van der Waals surface area contributed by atoms with Crippen molar-refractivity contribution in [3.63, 3.8) is 0 Å². The van der Waals surface area contributed by atoms with Gasteiger partial charge in [0.15, 0.2) is 5.11 Å². The lowest BCUT2D eigenvalue weighted by molar-refractivity contribution is 0.0935. The minimum Gasteiger partial charge on any atom is -0.497 e. The molecule has 2 aromatic carbocycles. The third-order valence-electron chi connectivity index (χ3n) is 3.84. The molecule has 0 saturated heterocycles. The van der Waals surface area contributed by atoms with Crippen LogP contribution in [0.1, 0.15) is 25.6 Å². The number of ether oxygens (including phenoxy) is 1. The summed E-state index contributed by atoms with van der Waals surface area (Å²) >= 11 is 12.6. The van der Waals surface area contributed by atoms with Gasteiger partial charge >= 0.3 is 0 Å². The highest BCUT2D eigenvalue weighted by Crippen LogP contribution is 2.37. The van der Waals surface area contributed by atoms with Crippen LogP contribution in [0.25, 0.3) is 10.1 Å². The lowest BCUT2D eigenvalue weighted by Crippen LogP contribution is -2.48. The first-order chi connectivity index (χ1) is 13.4. The Balaban J connectivity index is 1.64. The molecule has 0 bridgehead atoms. The first-order valence-corrected chi connectivity index (χ1v) is 9.73. The second-order valence-electron chi connectivity index (χ2n) is 5.84. The fourth-order valence-corrected chi connectivity index (χ4v) is 4.07. The number of thiophene rings is 1. The second-order valence-corrected chi connectivity index (χ2v) is 7.68. The van der Waals surface area contributed by atoms with E-state index in [0.29, 0.717) is 21.2 Å². The molecular formula is C19H16ClN3O3S2. The Bertz CT molecular complexity index is 1080. The summed E-state index contributed by atoms with van der Waals surface area (Å²) in [6.07, 6.45) is 0. The van der Waals surface area contributed by atoms with E-state index in [4.69, 9.17) is 28.6 Å². The maximum Gasteiger partial charge on any atom is 0.269 e. The third kappa shape index (κ3) is 4.41. The zero-order valence-corrected chi connectivity index (χ0v) is 17.3. The monoisotopic (exact) mass is 433 g/mol. The Hall–Kier alpha value is -2.68. The predicted octanol–water partition coefficient (Wildman–Crippen LogP) is 3.82. The summed E-state index contributed by atoms with van der Waals surface area (Å²) in [5.41, 5.74) is 6.40. The maximum atomic E-state index is 12.5. The Kier molecular flexibility index (Phi) is 6.13.